The molecule has 1 fully saturated rings. The predicted octanol–water partition coefficient (Wildman–Crippen LogP) is 4.67. The monoisotopic (exact) mass is 457 g/mol. The van der Waals surface area contributed by atoms with Crippen LogP contribution in [0.15, 0.2) is 36.4 Å². The Morgan fingerprint density at radius 1 is 1.00 bits per heavy atom. The molecule has 7 heteroatoms. The minimum absolute atomic E-state index is 0.0777. The minimum atomic E-state index is -0.373. The molecule has 32 heavy (non-hydrogen) atoms. The third kappa shape index (κ3) is 5.94. The number of amides is 2. The van der Waals surface area contributed by atoms with E-state index in [1.807, 2.05) is 69.9 Å². The highest BCUT2D eigenvalue weighted by molar-refractivity contribution is 6.33. The first-order chi connectivity index (χ1) is 15.0. The average molecular weight is 458 g/mol. The molecule has 6 nitrogen and oxygen atoms in total. The lowest BCUT2D eigenvalue weighted by Crippen LogP contribution is -2.51. The van der Waals surface area contributed by atoms with Crippen molar-refractivity contribution in [1.82, 2.24) is 4.90 Å². The lowest BCUT2D eigenvalue weighted by Gasteiger charge is -2.39. The molecule has 1 aliphatic heterocycles. The number of anilines is 2. The fourth-order valence-electron chi connectivity index (χ4n) is 3.62. The molecule has 0 radical (unpaired) electrons. The van der Waals surface area contributed by atoms with E-state index in [0.717, 1.165) is 24.3 Å². The van der Waals surface area contributed by atoms with Crippen molar-refractivity contribution in [1.29, 1.82) is 0 Å². The van der Waals surface area contributed by atoms with Crippen molar-refractivity contribution in [3.05, 3.63) is 52.5 Å². The second-order valence-corrected chi connectivity index (χ2v) is 9.69. The quantitative estimate of drug-likeness (QED) is 0.708. The van der Waals surface area contributed by atoms with Crippen molar-refractivity contribution in [3.8, 4) is 5.75 Å². The van der Waals surface area contributed by atoms with Crippen molar-refractivity contribution in [3.63, 3.8) is 0 Å². The second kappa shape index (κ2) is 9.82. The van der Waals surface area contributed by atoms with Crippen LogP contribution >= 0.6 is 11.6 Å². The van der Waals surface area contributed by atoms with Crippen LogP contribution in [0.5, 0.6) is 5.75 Å². The molecule has 0 saturated carbocycles. The zero-order valence-corrected chi connectivity index (χ0v) is 20.3. The molecule has 1 aliphatic rings. The maximum atomic E-state index is 12.5. The van der Waals surface area contributed by atoms with Gasteiger partial charge in [-0.25, -0.2) is 0 Å². The molecule has 0 aromatic heterocycles. The summed E-state index contributed by atoms with van der Waals surface area (Å²) in [6.45, 7) is 12.6. The first-order valence-corrected chi connectivity index (χ1v) is 11.3. The molecular formula is C25H32ClN3O3. The van der Waals surface area contributed by atoms with Gasteiger partial charge in [0.05, 0.1) is 10.7 Å². The standard InChI is InChI=1S/C25H32ClN3O3/c1-17-6-8-20(14-18(17)2)32-16-23(30)27-19-7-9-22(21(26)15-19)28-10-12-29(13-11-28)24(31)25(3,4)5/h6-9,14-15H,10-13,16H2,1-5H3,(H,27,30). The molecule has 2 aromatic rings. The van der Waals surface area contributed by atoms with E-state index in [4.69, 9.17) is 16.3 Å². The summed E-state index contributed by atoms with van der Waals surface area (Å²) >= 11 is 6.52. The molecule has 1 saturated heterocycles. The number of piperazine rings is 1. The second-order valence-electron chi connectivity index (χ2n) is 9.28. The van der Waals surface area contributed by atoms with E-state index < -0.39 is 0 Å². The molecule has 1 heterocycles. The zero-order valence-electron chi connectivity index (χ0n) is 19.5. The Balaban J connectivity index is 1.54. The lowest BCUT2D eigenvalue weighted by atomic mass is 9.94. The zero-order chi connectivity index (χ0) is 23.5. The van der Waals surface area contributed by atoms with Gasteiger partial charge in [0.25, 0.3) is 5.91 Å². The number of aryl methyl sites for hydroxylation is 2. The number of ether oxygens (including phenoxy) is 1. The summed E-state index contributed by atoms with van der Waals surface area (Å²) < 4.78 is 5.59. The maximum Gasteiger partial charge on any atom is 0.262 e. The third-order valence-electron chi connectivity index (χ3n) is 5.63. The summed E-state index contributed by atoms with van der Waals surface area (Å²) in [6, 6.07) is 11.2. The van der Waals surface area contributed by atoms with Crippen molar-refractivity contribution >= 4 is 34.8 Å². The molecule has 3 rings (SSSR count). The highest BCUT2D eigenvalue weighted by Gasteiger charge is 2.30. The van der Waals surface area contributed by atoms with Gasteiger partial charge in [-0.1, -0.05) is 38.4 Å². The van der Waals surface area contributed by atoms with Crippen LogP contribution in [0.25, 0.3) is 0 Å². The number of hydrogen-bond donors (Lipinski definition) is 1. The topological polar surface area (TPSA) is 61.9 Å². The Kier molecular flexibility index (Phi) is 7.34. The first kappa shape index (κ1) is 23.9. The van der Waals surface area contributed by atoms with Crippen LogP contribution in [-0.4, -0.2) is 49.5 Å². The molecule has 0 bridgehead atoms. The van der Waals surface area contributed by atoms with Crippen molar-refractivity contribution in [2.24, 2.45) is 5.41 Å². The number of rotatable bonds is 5. The van der Waals surface area contributed by atoms with Crippen LogP contribution in [0, 0.1) is 19.3 Å². The molecule has 0 spiro atoms. The molecule has 2 aromatic carbocycles. The fourth-order valence-corrected chi connectivity index (χ4v) is 3.92. The Morgan fingerprint density at radius 2 is 1.69 bits per heavy atom. The normalized spacial score (nSPS) is 14.3. The Morgan fingerprint density at radius 3 is 2.28 bits per heavy atom. The number of halogens is 1. The fraction of sp³-hybridized carbons (Fsp3) is 0.440. The van der Waals surface area contributed by atoms with Gasteiger partial charge in [-0.15, -0.1) is 0 Å². The molecule has 1 N–H and O–H groups in total. The summed E-state index contributed by atoms with van der Waals surface area (Å²) in [6.07, 6.45) is 0. The van der Waals surface area contributed by atoms with Gasteiger partial charge >= 0.3 is 0 Å². The van der Waals surface area contributed by atoms with Gasteiger partial charge < -0.3 is 19.9 Å². The van der Waals surface area contributed by atoms with Gasteiger partial charge in [0.2, 0.25) is 5.91 Å². The number of benzene rings is 2. The van der Waals surface area contributed by atoms with Gasteiger partial charge in [0.15, 0.2) is 6.61 Å². The van der Waals surface area contributed by atoms with Crippen LogP contribution in [-0.2, 0) is 9.59 Å². The van der Waals surface area contributed by atoms with Gasteiger partial charge in [0.1, 0.15) is 5.75 Å². The van der Waals surface area contributed by atoms with Gasteiger partial charge in [-0.05, 0) is 55.3 Å². The van der Waals surface area contributed by atoms with Crippen LogP contribution in [0.1, 0.15) is 31.9 Å². The van der Waals surface area contributed by atoms with Crippen LogP contribution in [0.4, 0.5) is 11.4 Å². The number of hydrogen-bond acceptors (Lipinski definition) is 4. The van der Waals surface area contributed by atoms with E-state index in [2.05, 4.69) is 10.2 Å². The van der Waals surface area contributed by atoms with Gasteiger partial charge in [0, 0.05) is 37.3 Å². The Labute approximate surface area is 195 Å². The van der Waals surface area contributed by atoms with E-state index >= 15 is 0 Å². The molecule has 0 unspecified atom stereocenters. The van der Waals surface area contributed by atoms with Crippen molar-refractivity contribution in [2.45, 2.75) is 34.6 Å². The number of nitrogens with zero attached hydrogens (tertiary/aromatic N) is 2. The summed E-state index contributed by atoms with van der Waals surface area (Å²) in [4.78, 5) is 28.9. The van der Waals surface area contributed by atoms with E-state index in [-0.39, 0.29) is 23.8 Å². The highest BCUT2D eigenvalue weighted by Crippen LogP contribution is 2.30. The van der Waals surface area contributed by atoms with E-state index in [9.17, 15) is 9.59 Å². The molecule has 172 valence electrons. The van der Waals surface area contributed by atoms with Crippen LogP contribution < -0.4 is 15.0 Å². The summed E-state index contributed by atoms with van der Waals surface area (Å²) in [5, 5.41) is 3.39. The van der Waals surface area contributed by atoms with Crippen LogP contribution in [0.2, 0.25) is 5.02 Å². The minimum Gasteiger partial charge on any atom is -0.484 e. The summed E-state index contributed by atoms with van der Waals surface area (Å²) in [7, 11) is 0. The molecule has 0 atom stereocenters. The first-order valence-electron chi connectivity index (χ1n) is 10.9. The highest BCUT2D eigenvalue weighted by atomic mass is 35.5. The van der Waals surface area contributed by atoms with Gasteiger partial charge in [-0.3, -0.25) is 9.59 Å². The summed E-state index contributed by atoms with van der Waals surface area (Å²) in [5.41, 5.74) is 3.45. The number of carbonyl (C=O) groups excluding carboxylic acids is 2. The van der Waals surface area contributed by atoms with Crippen molar-refractivity contribution in [2.75, 3.05) is 43.0 Å². The van der Waals surface area contributed by atoms with E-state index in [0.29, 0.717) is 29.5 Å². The Bertz CT molecular complexity index is 992. The maximum absolute atomic E-state index is 12.5. The smallest absolute Gasteiger partial charge is 0.262 e. The number of carbonyl (C=O) groups is 2. The lowest BCUT2D eigenvalue weighted by molar-refractivity contribution is -0.139. The van der Waals surface area contributed by atoms with Crippen LogP contribution in [0.3, 0.4) is 0 Å². The van der Waals surface area contributed by atoms with E-state index in [1.165, 1.54) is 5.56 Å². The van der Waals surface area contributed by atoms with E-state index in [1.54, 1.807) is 6.07 Å². The molecule has 0 aliphatic carbocycles. The molecule has 2 amide bonds. The third-order valence-corrected chi connectivity index (χ3v) is 5.93. The van der Waals surface area contributed by atoms with Crippen molar-refractivity contribution < 1.29 is 14.3 Å². The predicted molar refractivity (Wildman–Crippen MR) is 130 cm³/mol. The number of nitrogens with one attached hydrogen (secondary N) is 1. The SMILES string of the molecule is Cc1ccc(OCC(=O)Nc2ccc(N3CCN(C(=O)C(C)(C)C)CC3)c(Cl)c2)cc1C. The van der Waals surface area contributed by atoms with Gasteiger partial charge in [-0.2, -0.15) is 0 Å². The largest absolute Gasteiger partial charge is 0.484 e. The average Bonchev–Trinajstić information content (AvgIpc) is 2.74. The summed E-state index contributed by atoms with van der Waals surface area (Å²) in [5.74, 6) is 0.589. The Hall–Kier alpha value is -2.73. The molecular weight excluding hydrogens is 426 g/mol.